The van der Waals surface area contributed by atoms with E-state index in [1.165, 1.54) is 39.1 Å². The third-order valence-electron chi connectivity index (χ3n) is 2.99. The van der Waals surface area contributed by atoms with Gasteiger partial charge in [0.05, 0.1) is 0 Å². The Morgan fingerprint density at radius 3 is 2.13 bits per heavy atom. The van der Waals surface area contributed by atoms with Gasteiger partial charge in [-0.15, -0.1) is 0 Å². The van der Waals surface area contributed by atoms with E-state index >= 15 is 0 Å². The van der Waals surface area contributed by atoms with E-state index in [1.807, 2.05) is 0 Å². The van der Waals surface area contributed by atoms with E-state index in [0.717, 1.165) is 19.6 Å². The Balaban J connectivity index is 2.20. The minimum absolute atomic E-state index is 0.789. The number of hydrogen-bond acceptors (Lipinski definition) is 4. The summed E-state index contributed by atoms with van der Waals surface area (Å²) in [6.45, 7) is 9.06. The predicted molar refractivity (Wildman–Crippen MR) is 65.1 cm³/mol. The third kappa shape index (κ3) is 5.47. The second-order valence-corrected chi connectivity index (χ2v) is 4.63. The van der Waals surface area contributed by atoms with E-state index in [0.29, 0.717) is 0 Å². The number of rotatable bonds is 5. The molecule has 0 amide bonds. The molecule has 4 heteroatoms. The zero-order valence-corrected chi connectivity index (χ0v) is 10.3. The van der Waals surface area contributed by atoms with Crippen LogP contribution in [0.4, 0.5) is 0 Å². The Morgan fingerprint density at radius 1 is 1.00 bits per heavy atom. The van der Waals surface area contributed by atoms with Gasteiger partial charge in [0.2, 0.25) is 0 Å². The molecule has 1 heterocycles. The zero-order chi connectivity index (χ0) is 11.1. The molecule has 15 heavy (non-hydrogen) atoms. The van der Waals surface area contributed by atoms with Crippen molar-refractivity contribution in [3.8, 4) is 0 Å². The molecule has 1 fully saturated rings. The topological polar surface area (TPSA) is 35.7 Å². The second-order valence-electron chi connectivity index (χ2n) is 4.63. The molecule has 1 saturated heterocycles. The first-order valence-electron chi connectivity index (χ1n) is 6.02. The Labute approximate surface area is 94.0 Å². The molecule has 0 unspecified atom stereocenters. The highest BCUT2D eigenvalue weighted by atomic mass is 15.2. The summed E-state index contributed by atoms with van der Waals surface area (Å²) in [4.78, 5) is 7.30. The monoisotopic (exact) mass is 214 g/mol. The molecule has 1 rings (SSSR count). The lowest BCUT2D eigenvalue weighted by Gasteiger charge is -2.22. The van der Waals surface area contributed by atoms with Crippen LogP contribution in [0.5, 0.6) is 0 Å². The summed E-state index contributed by atoms with van der Waals surface area (Å²) < 4.78 is 0. The van der Waals surface area contributed by atoms with Crippen molar-refractivity contribution in [2.45, 2.75) is 6.42 Å². The molecule has 0 bridgehead atoms. The summed E-state index contributed by atoms with van der Waals surface area (Å²) in [6, 6.07) is 0. The van der Waals surface area contributed by atoms with Crippen LogP contribution in [0, 0.1) is 0 Å². The quantitative estimate of drug-likeness (QED) is 0.670. The molecule has 1 aliphatic rings. The minimum atomic E-state index is 0.789. The van der Waals surface area contributed by atoms with Gasteiger partial charge >= 0.3 is 0 Å². The van der Waals surface area contributed by atoms with Gasteiger partial charge in [-0.3, -0.25) is 0 Å². The highest BCUT2D eigenvalue weighted by molar-refractivity contribution is 4.70. The first-order chi connectivity index (χ1) is 7.22. The van der Waals surface area contributed by atoms with Crippen molar-refractivity contribution in [2.24, 2.45) is 5.73 Å². The van der Waals surface area contributed by atoms with Gasteiger partial charge < -0.3 is 20.4 Å². The van der Waals surface area contributed by atoms with Crippen molar-refractivity contribution in [3.05, 3.63) is 0 Å². The lowest BCUT2D eigenvalue weighted by atomic mass is 10.3. The molecule has 1 aliphatic heterocycles. The van der Waals surface area contributed by atoms with Crippen LogP contribution >= 0.6 is 0 Å². The molecule has 90 valence electrons. The predicted octanol–water partition coefficient (Wildman–Crippen LogP) is -0.486. The molecule has 0 spiro atoms. The second kappa shape index (κ2) is 7.17. The van der Waals surface area contributed by atoms with E-state index in [1.54, 1.807) is 0 Å². The van der Waals surface area contributed by atoms with Crippen LogP contribution in [-0.4, -0.2) is 81.2 Å². The SMILES string of the molecule is CN(C)CCN1CCCN(CCN)CC1. The average Bonchev–Trinajstić information content (AvgIpc) is 2.41. The molecule has 2 N–H and O–H groups in total. The van der Waals surface area contributed by atoms with Gasteiger partial charge in [0, 0.05) is 39.3 Å². The summed E-state index contributed by atoms with van der Waals surface area (Å²) >= 11 is 0. The van der Waals surface area contributed by atoms with Crippen LogP contribution < -0.4 is 5.73 Å². The molecule has 0 radical (unpaired) electrons. The largest absolute Gasteiger partial charge is 0.329 e. The van der Waals surface area contributed by atoms with Crippen LogP contribution in [0.25, 0.3) is 0 Å². The lowest BCUT2D eigenvalue weighted by Crippen LogP contribution is -2.36. The first kappa shape index (κ1) is 12.9. The summed E-state index contributed by atoms with van der Waals surface area (Å²) in [5, 5.41) is 0. The van der Waals surface area contributed by atoms with Gasteiger partial charge in [-0.25, -0.2) is 0 Å². The summed E-state index contributed by atoms with van der Waals surface area (Å²) in [6.07, 6.45) is 1.29. The van der Waals surface area contributed by atoms with Gasteiger partial charge in [0.25, 0.3) is 0 Å². The summed E-state index contributed by atoms with van der Waals surface area (Å²) in [5.74, 6) is 0. The van der Waals surface area contributed by atoms with E-state index in [4.69, 9.17) is 5.73 Å². The number of nitrogens with two attached hydrogens (primary N) is 1. The molecule has 0 aliphatic carbocycles. The Bertz CT molecular complexity index is 161. The Hall–Kier alpha value is -0.160. The smallest absolute Gasteiger partial charge is 0.0110 e. The minimum Gasteiger partial charge on any atom is -0.329 e. The van der Waals surface area contributed by atoms with Crippen molar-refractivity contribution in [3.63, 3.8) is 0 Å². The van der Waals surface area contributed by atoms with E-state index in [9.17, 15) is 0 Å². The van der Waals surface area contributed by atoms with Gasteiger partial charge in [-0.1, -0.05) is 0 Å². The molecule has 0 saturated carbocycles. The fourth-order valence-corrected chi connectivity index (χ4v) is 2.00. The number of likely N-dealkylation sites (N-methyl/N-ethyl adjacent to an activating group) is 1. The van der Waals surface area contributed by atoms with Gasteiger partial charge in [0.1, 0.15) is 0 Å². The normalized spacial score (nSPS) is 20.8. The van der Waals surface area contributed by atoms with Crippen LogP contribution in [0.2, 0.25) is 0 Å². The zero-order valence-electron chi connectivity index (χ0n) is 10.3. The maximum atomic E-state index is 5.58. The summed E-state index contributed by atoms with van der Waals surface area (Å²) in [7, 11) is 4.27. The number of nitrogens with zero attached hydrogens (tertiary/aromatic N) is 3. The molecular formula is C11H26N4. The Morgan fingerprint density at radius 2 is 1.60 bits per heavy atom. The highest BCUT2D eigenvalue weighted by Crippen LogP contribution is 2.02. The lowest BCUT2D eigenvalue weighted by molar-refractivity contribution is 0.238. The molecule has 0 atom stereocenters. The molecule has 0 aromatic carbocycles. The van der Waals surface area contributed by atoms with Crippen molar-refractivity contribution in [1.82, 2.24) is 14.7 Å². The van der Waals surface area contributed by atoms with Crippen LogP contribution in [0.15, 0.2) is 0 Å². The highest BCUT2D eigenvalue weighted by Gasteiger charge is 2.13. The standard InChI is InChI=1S/C11H26N4/c1-13(2)8-9-15-6-3-5-14(7-4-12)10-11-15/h3-12H2,1-2H3. The summed E-state index contributed by atoms with van der Waals surface area (Å²) in [5.41, 5.74) is 5.58. The number of hydrogen-bond donors (Lipinski definition) is 1. The maximum absolute atomic E-state index is 5.58. The van der Waals surface area contributed by atoms with Crippen LogP contribution in [0.3, 0.4) is 0 Å². The van der Waals surface area contributed by atoms with E-state index in [-0.39, 0.29) is 0 Å². The first-order valence-corrected chi connectivity index (χ1v) is 6.02. The van der Waals surface area contributed by atoms with Crippen molar-refractivity contribution < 1.29 is 0 Å². The molecule has 0 aromatic rings. The van der Waals surface area contributed by atoms with Gasteiger partial charge in [-0.05, 0) is 33.6 Å². The third-order valence-corrected chi connectivity index (χ3v) is 2.99. The average molecular weight is 214 g/mol. The van der Waals surface area contributed by atoms with Crippen molar-refractivity contribution in [2.75, 3.05) is 66.5 Å². The fourth-order valence-electron chi connectivity index (χ4n) is 2.00. The van der Waals surface area contributed by atoms with Crippen LogP contribution in [-0.2, 0) is 0 Å². The van der Waals surface area contributed by atoms with E-state index < -0.39 is 0 Å². The van der Waals surface area contributed by atoms with Crippen molar-refractivity contribution in [1.29, 1.82) is 0 Å². The van der Waals surface area contributed by atoms with E-state index in [2.05, 4.69) is 28.8 Å². The van der Waals surface area contributed by atoms with Crippen LogP contribution in [0.1, 0.15) is 6.42 Å². The molecule has 0 aromatic heterocycles. The fraction of sp³-hybridized carbons (Fsp3) is 1.00. The van der Waals surface area contributed by atoms with Gasteiger partial charge in [-0.2, -0.15) is 0 Å². The maximum Gasteiger partial charge on any atom is 0.0110 e. The molecular weight excluding hydrogens is 188 g/mol. The molecule has 4 nitrogen and oxygen atoms in total. The van der Waals surface area contributed by atoms with Crippen molar-refractivity contribution >= 4 is 0 Å². The Kier molecular flexibility index (Phi) is 6.17. The van der Waals surface area contributed by atoms with Gasteiger partial charge in [0.15, 0.2) is 0 Å².